The highest BCUT2D eigenvalue weighted by Crippen LogP contribution is 2.38. The van der Waals surface area contributed by atoms with Crippen molar-refractivity contribution in [3.63, 3.8) is 0 Å². The fraction of sp³-hybridized carbons (Fsp3) is 0.0526. The van der Waals surface area contributed by atoms with Crippen molar-refractivity contribution in [3.8, 4) is 0 Å². The van der Waals surface area contributed by atoms with E-state index in [1.807, 2.05) is 36.4 Å². The number of non-ortho nitro benzene ring substituents is 1. The van der Waals surface area contributed by atoms with Gasteiger partial charge in [-0.25, -0.2) is 0 Å². The van der Waals surface area contributed by atoms with Gasteiger partial charge in [0.15, 0.2) is 11.6 Å². The van der Waals surface area contributed by atoms with Crippen molar-refractivity contribution in [2.24, 2.45) is 0 Å². The van der Waals surface area contributed by atoms with Crippen LogP contribution in [0.2, 0.25) is 0 Å². The molecule has 0 radical (unpaired) electrons. The fourth-order valence-corrected chi connectivity index (χ4v) is 3.28. The Kier molecular flexibility index (Phi) is 3.03. The molecule has 116 valence electrons. The van der Waals surface area contributed by atoms with E-state index < -0.39 is 10.8 Å². The van der Waals surface area contributed by atoms with E-state index in [2.05, 4.69) is 0 Å². The number of carbonyl (C=O) groups excluding carboxylic acids is 2. The maximum absolute atomic E-state index is 12.8. The summed E-state index contributed by atoms with van der Waals surface area (Å²) in [5, 5.41) is 12.7. The summed E-state index contributed by atoms with van der Waals surface area (Å²) in [5.41, 5.74) is 0.839. The minimum absolute atomic E-state index is 0.132. The molecule has 3 aromatic carbocycles. The summed E-state index contributed by atoms with van der Waals surface area (Å²) in [4.78, 5) is 35.9. The van der Waals surface area contributed by atoms with E-state index >= 15 is 0 Å². The normalized spacial score (nSPS) is 16.4. The van der Waals surface area contributed by atoms with Gasteiger partial charge in [0, 0.05) is 23.3 Å². The van der Waals surface area contributed by atoms with Crippen LogP contribution in [0.15, 0.2) is 60.7 Å². The molecular formula is C19H11NO4. The van der Waals surface area contributed by atoms with Crippen molar-refractivity contribution in [2.75, 3.05) is 0 Å². The molecule has 0 fully saturated rings. The molecule has 24 heavy (non-hydrogen) atoms. The lowest BCUT2D eigenvalue weighted by Gasteiger charge is -2.11. The summed E-state index contributed by atoms with van der Waals surface area (Å²) in [7, 11) is 0. The van der Waals surface area contributed by atoms with Crippen molar-refractivity contribution in [1.29, 1.82) is 0 Å². The largest absolute Gasteiger partial charge is 0.293 e. The highest BCUT2D eigenvalue weighted by atomic mass is 16.6. The van der Waals surface area contributed by atoms with Crippen LogP contribution in [-0.4, -0.2) is 16.5 Å². The van der Waals surface area contributed by atoms with Crippen molar-refractivity contribution < 1.29 is 14.5 Å². The Balaban J connectivity index is 1.90. The third-order valence-corrected chi connectivity index (χ3v) is 4.40. The zero-order valence-electron chi connectivity index (χ0n) is 12.4. The first-order chi connectivity index (χ1) is 11.6. The van der Waals surface area contributed by atoms with Crippen LogP contribution < -0.4 is 0 Å². The predicted octanol–water partition coefficient (Wildman–Crippen LogP) is 3.91. The molecule has 3 aromatic rings. The maximum atomic E-state index is 12.8. The van der Waals surface area contributed by atoms with Crippen LogP contribution in [0.5, 0.6) is 0 Å². The lowest BCUT2D eigenvalue weighted by molar-refractivity contribution is -0.384. The van der Waals surface area contributed by atoms with Gasteiger partial charge in [-0.15, -0.1) is 0 Å². The number of benzene rings is 3. The van der Waals surface area contributed by atoms with Crippen LogP contribution in [0, 0.1) is 10.1 Å². The second-order valence-corrected chi connectivity index (χ2v) is 5.72. The number of ketones is 2. The van der Waals surface area contributed by atoms with Crippen LogP contribution in [0.4, 0.5) is 5.69 Å². The van der Waals surface area contributed by atoms with Gasteiger partial charge in [-0.05, 0) is 22.4 Å². The number of Topliss-reactive ketones (excluding diaryl/α,β-unsaturated/α-hetero) is 2. The lowest BCUT2D eigenvalue weighted by atomic mass is 9.90. The van der Waals surface area contributed by atoms with Gasteiger partial charge < -0.3 is 0 Å². The molecule has 0 aliphatic heterocycles. The van der Waals surface area contributed by atoms with E-state index in [1.54, 1.807) is 6.07 Å². The first-order valence-corrected chi connectivity index (χ1v) is 7.42. The third kappa shape index (κ3) is 1.95. The Morgan fingerprint density at radius 1 is 0.833 bits per heavy atom. The summed E-state index contributed by atoms with van der Waals surface area (Å²) in [6.07, 6.45) is 0. The molecule has 0 amide bonds. The van der Waals surface area contributed by atoms with Gasteiger partial charge in [-0.1, -0.05) is 42.5 Å². The molecule has 0 saturated heterocycles. The Labute approximate surface area is 136 Å². The number of hydrogen-bond acceptors (Lipinski definition) is 4. The zero-order valence-corrected chi connectivity index (χ0v) is 12.4. The van der Waals surface area contributed by atoms with Gasteiger partial charge in [0.1, 0.15) is 5.92 Å². The van der Waals surface area contributed by atoms with E-state index in [4.69, 9.17) is 0 Å². The average Bonchev–Trinajstić information content (AvgIpc) is 2.85. The van der Waals surface area contributed by atoms with Gasteiger partial charge in [-0.3, -0.25) is 19.7 Å². The molecule has 0 bridgehead atoms. The third-order valence-electron chi connectivity index (χ3n) is 4.40. The second kappa shape index (κ2) is 5.09. The smallest absolute Gasteiger partial charge is 0.270 e. The van der Waals surface area contributed by atoms with Crippen LogP contribution in [0.25, 0.3) is 10.8 Å². The highest BCUT2D eigenvalue weighted by molar-refractivity contribution is 6.30. The van der Waals surface area contributed by atoms with Crippen LogP contribution in [-0.2, 0) is 0 Å². The van der Waals surface area contributed by atoms with E-state index in [0.29, 0.717) is 5.56 Å². The monoisotopic (exact) mass is 317 g/mol. The predicted molar refractivity (Wildman–Crippen MR) is 88.4 cm³/mol. The molecule has 0 unspecified atom stereocenters. The standard InChI is InChI=1S/C19H11NO4/c21-18-15-9-8-12(20(23)24)10-16(15)19(22)17(18)14-7-3-5-11-4-1-2-6-13(11)14/h1-10,17H/t17-/m0/s1. The summed E-state index contributed by atoms with van der Waals surface area (Å²) in [6, 6.07) is 16.9. The minimum atomic E-state index is -0.937. The van der Waals surface area contributed by atoms with Gasteiger partial charge in [-0.2, -0.15) is 0 Å². The summed E-state index contributed by atoms with van der Waals surface area (Å²) in [5.74, 6) is -1.62. The van der Waals surface area contributed by atoms with Gasteiger partial charge in [0.2, 0.25) is 0 Å². The fourth-order valence-electron chi connectivity index (χ4n) is 3.28. The number of hydrogen-bond donors (Lipinski definition) is 0. The minimum Gasteiger partial charge on any atom is -0.293 e. The Morgan fingerprint density at radius 3 is 2.33 bits per heavy atom. The molecular weight excluding hydrogens is 306 g/mol. The van der Waals surface area contributed by atoms with Gasteiger partial charge in [0.05, 0.1) is 4.92 Å². The molecule has 0 heterocycles. The zero-order chi connectivity index (χ0) is 16.8. The Morgan fingerprint density at radius 2 is 1.54 bits per heavy atom. The van der Waals surface area contributed by atoms with Crippen molar-refractivity contribution >= 4 is 28.0 Å². The topological polar surface area (TPSA) is 77.3 Å². The average molecular weight is 317 g/mol. The molecule has 1 atom stereocenters. The molecule has 0 saturated carbocycles. The number of nitrogens with zero attached hydrogens (tertiary/aromatic N) is 1. The SMILES string of the molecule is O=C1c2ccc([N+](=O)[O-])cc2C(=O)[C@H]1c1cccc2ccccc12. The van der Waals surface area contributed by atoms with Crippen molar-refractivity contribution in [2.45, 2.75) is 5.92 Å². The summed E-state index contributed by atoms with van der Waals surface area (Å²) < 4.78 is 0. The first-order valence-electron chi connectivity index (χ1n) is 7.42. The molecule has 1 aliphatic carbocycles. The van der Waals surface area contributed by atoms with Crippen LogP contribution in [0.1, 0.15) is 32.2 Å². The molecule has 4 rings (SSSR count). The van der Waals surface area contributed by atoms with Gasteiger partial charge >= 0.3 is 0 Å². The lowest BCUT2D eigenvalue weighted by Crippen LogP contribution is -2.13. The number of rotatable bonds is 2. The van der Waals surface area contributed by atoms with E-state index in [0.717, 1.165) is 10.8 Å². The Hall–Kier alpha value is -3.34. The van der Waals surface area contributed by atoms with E-state index in [1.165, 1.54) is 18.2 Å². The second-order valence-electron chi connectivity index (χ2n) is 5.72. The van der Waals surface area contributed by atoms with Gasteiger partial charge in [0.25, 0.3) is 5.69 Å². The molecule has 0 spiro atoms. The van der Waals surface area contributed by atoms with Crippen LogP contribution in [0.3, 0.4) is 0 Å². The molecule has 5 nitrogen and oxygen atoms in total. The number of nitro groups is 1. The van der Waals surface area contributed by atoms with Crippen molar-refractivity contribution in [1.82, 2.24) is 0 Å². The molecule has 1 aliphatic rings. The number of carbonyl (C=O) groups is 2. The molecule has 0 N–H and O–H groups in total. The number of fused-ring (bicyclic) bond motifs is 2. The molecule has 0 aromatic heterocycles. The summed E-state index contributed by atoms with van der Waals surface area (Å²) >= 11 is 0. The highest BCUT2D eigenvalue weighted by Gasteiger charge is 2.41. The van der Waals surface area contributed by atoms with Crippen molar-refractivity contribution in [3.05, 3.63) is 87.5 Å². The first kappa shape index (κ1) is 14.3. The maximum Gasteiger partial charge on any atom is 0.270 e. The van der Waals surface area contributed by atoms with Crippen LogP contribution >= 0.6 is 0 Å². The molecule has 5 heteroatoms. The quantitative estimate of drug-likeness (QED) is 0.408. The number of nitro benzene ring substituents is 1. The summed E-state index contributed by atoms with van der Waals surface area (Å²) in [6.45, 7) is 0. The van der Waals surface area contributed by atoms with E-state index in [-0.39, 0.29) is 28.4 Å². The Bertz CT molecular complexity index is 1030. The van der Waals surface area contributed by atoms with E-state index in [9.17, 15) is 19.7 Å².